The van der Waals surface area contributed by atoms with Crippen LogP contribution in [0.5, 0.6) is 5.75 Å². The molecule has 0 spiro atoms. The Morgan fingerprint density at radius 2 is 1.80 bits per heavy atom. The number of imidazole rings is 1. The van der Waals surface area contributed by atoms with Crippen LogP contribution in [-0.4, -0.2) is 14.5 Å². The number of aromatic nitrogens is 2. The Bertz CT molecular complexity index is 777. The molecule has 1 aromatic carbocycles. The fourth-order valence-electron chi connectivity index (χ4n) is 2.10. The number of rotatable bonds is 1. The van der Waals surface area contributed by atoms with Crippen molar-refractivity contribution < 1.29 is 18.3 Å². The molecule has 0 unspecified atom stereocenters. The summed E-state index contributed by atoms with van der Waals surface area (Å²) in [7, 11) is 0. The van der Waals surface area contributed by atoms with Crippen molar-refractivity contribution in [3.63, 3.8) is 0 Å². The van der Waals surface area contributed by atoms with E-state index in [4.69, 9.17) is 0 Å². The molecule has 2 heterocycles. The monoisotopic (exact) mass is 278 g/mol. The van der Waals surface area contributed by atoms with Crippen LogP contribution in [-0.2, 0) is 6.18 Å². The van der Waals surface area contributed by atoms with Gasteiger partial charge in [0, 0.05) is 5.56 Å². The average Bonchev–Trinajstić information content (AvgIpc) is 2.80. The lowest BCUT2D eigenvalue weighted by Crippen LogP contribution is -2.07. The van der Waals surface area contributed by atoms with Crippen LogP contribution >= 0.6 is 0 Å². The summed E-state index contributed by atoms with van der Waals surface area (Å²) >= 11 is 0. The van der Waals surface area contributed by atoms with E-state index >= 15 is 0 Å². The first-order valence-corrected chi connectivity index (χ1v) is 5.79. The van der Waals surface area contributed by atoms with Gasteiger partial charge in [0.25, 0.3) is 0 Å². The molecule has 1 N–H and O–H groups in total. The largest absolute Gasteiger partial charge is 0.506 e. The third kappa shape index (κ3) is 1.99. The van der Waals surface area contributed by atoms with Crippen molar-refractivity contribution in [1.29, 1.82) is 0 Å². The van der Waals surface area contributed by atoms with Gasteiger partial charge in [-0.15, -0.1) is 0 Å². The van der Waals surface area contributed by atoms with E-state index in [0.29, 0.717) is 5.52 Å². The van der Waals surface area contributed by atoms with Gasteiger partial charge in [0.2, 0.25) is 0 Å². The lowest BCUT2D eigenvalue weighted by Gasteiger charge is -2.11. The first kappa shape index (κ1) is 12.5. The Morgan fingerprint density at radius 3 is 2.55 bits per heavy atom. The van der Waals surface area contributed by atoms with E-state index < -0.39 is 11.7 Å². The van der Waals surface area contributed by atoms with Crippen molar-refractivity contribution in [3.05, 3.63) is 54.4 Å². The number of halogens is 3. The molecule has 0 fully saturated rings. The van der Waals surface area contributed by atoms with Crippen molar-refractivity contribution in [2.24, 2.45) is 0 Å². The number of hydrogen-bond acceptors (Lipinski definition) is 2. The normalized spacial score (nSPS) is 11.9. The third-order valence-corrected chi connectivity index (χ3v) is 2.99. The second-order valence-electron chi connectivity index (χ2n) is 4.31. The molecule has 102 valence electrons. The van der Waals surface area contributed by atoms with Crippen LogP contribution in [0.25, 0.3) is 16.9 Å². The van der Waals surface area contributed by atoms with Crippen LogP contribution < -0.4 is 0 Å². The van der Waals surface area contributed by atoms with E-state index in [-0.39, 0.29) is 17.1 Å². The highest BCUT2D eigenvalue weighted by molar-refractivity contribution is 5.66. The van der Waals surface area contributed by atoms with E-state index in [0.717, 1.165) is 6.07 Å². The SMILES string of the molecule is Oc1ccc2cnc(-c3ccccc3C(F)(F)F)n2c1. The third-order valence-electron chi connectivity index (χ3n) is 2.99. The van der Waals surface area contributed by atoms with Gasteiger partial charge in [-0.05, 0) is 18.2 Å². The van der Waals surface area contributed by atoms with Crippen molar-refractivity contribution in [2.75, 3.05) is 0 Å². The topological polar surface area (TPSA) is 37.5 Å². The van der Waals surface area contributed by atoms with Gasteiger partial charge in [-0.25, -0.2) is 4.98 Å². The summed E-state index contributed by atoms with van der Waals surface area (Å²) < 4.78 is 40.5. The van der Waals surface area contributed by atoms with Gasteiger partial charge in [0.1, 0.15) is 11.6 Å². The zero-order valence-electron chi connectivity index (χ0n) is 10.1. The molecule has 0 aliphatic heterocycles. The van der Waals surface area contributed by atoms with Crippen molar-refractivity contribution in [2.45, 2.75) is 6.18 Å². The van der Waals surface area contributed by atoms with Gasteiger partial charge in [-0.3, -0.25) is 4.40 Å². The van der Waals surface area contributed by atoms with E-state index in [9.17, 15) is 18.3 Å². The number of nitrogens with zero attached hydrogens (tertiary/aromatic N) is 2. The molecule has 3 nitrogen and oxygen atoms in total. The molecule has 6 heteroatoms. The molecule has 3 aromatic rings. The Hall–Kier alpha value is -2.50. The smallest absolute Gasteiger partial charge is 0.417 e. The van der Waals surface area contributed by atoms with Gasteiger partial charge in [-0.2, -0.15) is 13.2 Å². The molecule has 0 saturated heterocycles. The summed E-state index contributed by atoms with van der Waals surface area (Å²) in [5.74, 6) is 0.102. The zero-order chi connectivity index (χ0) is 14.3. The lowest BCUT2D eigenvalue weighted by atomic mass is 10.1. The second kappa shape index (κ2) is 4.26. The summed E-state index contributed by atoms with van der Waals surface area (Å²) in [6, 6.07) is 8.27. The number of hydrogen-bond donors (Lipinski definition) is 1. The predicted octanol–water partition coefficient (Wildman–Crippen LogP) is 3.73. The van der Waals surface area contributed by atoms with Gasteiger partial charge in [0.05, 0.1) is 23.5 Å². The van der Waals surface area contributed by atoms with Crippen molar-refractivity contribution in [3.8, 4) is 17.1 Å². The van der Waals surface area contributed by atoms with Crippen LogP contribution in [0, 0.1) is 0 Å². The molecule has 0 aliphatic carbocycles. The van der Waals surface area contributed by atoms with Crippen LogP contribution in [0.4, 0.5) is 13.2 Å². The highest BCUT2D eigenvalue weighted by Crippen LogP contribution is 2.36. The molecule has 0 bridgehead atoms. The summed E-state index contributed by atoms with van der Waals surface area (Å²) in [6.07, 6.45) is -1.66. The standard InChI is InChI=1S/C14H9F3N2O/c15-14(16,17)12-4-2-1-3-11(12)13-18-7-9-5-6-10(20)8-19(9)13/h1-8,20H. The van der Waals surface area contributed by atoms with Crippen LogP contribution in [0.1, 0.15) is 5.56 Å². The molecule has 20 heavy (non-hydrogen) atoms. The summed E-state index contributed by atoms with van der Waals surface area (Å²) in [5.41, 5.74) is -0.170. The van der Waals surface area contributed by atoms with E-state index in [2.05, 4.69) is 4.98 Å². The molecule has 3 rings (SSSR count). The van der Waals surface area contributed by atoms with Gasteiger partial charge in [0.15, 0.2) is 0 Å². The number of alkyl halides is 3. The number of fused-ring (bicyclic) bond motifs is 1. The Morgan fingerprint density at radius 1 is 1.05 bits per heavy atom. The lowest BCUT2D eigenvalue weighted by molar-refractivity contribution is -0.137. The van der Waals surface area contributed by atoms with Gasteiger partial charge in [-0.1, -0.05) is 18.2 Å². The fourth-order valence-corrected chi connectivity index (χ4v) is 2.10. The van der Waals surface area contributed by atoms with Crippen LogP contribution in [0.15, 0.2) is 48.8 Å². The van der Waals surface area contributed by atoms with E-state index in [1.54, 1.807) is 6.07 Å². The molecule has 0 amide bonds. The second-order valence-corrected chi connectivity index (χ2v) is 4.31. The summed E-state index contributed by atoms with van der Waals surface area (Å²) in [5, 5.41) is 9.48. The van der Waals surface area contributed by atoms with Crippen molar-refractivity contribution in [1.82, 2.24) is 9.38 Å². The molecule has 0 atom stereocenters. The fraction of sp³-hybridized carbons (Fsp3) is 0.0714. The highest BCUT2D eigenvalue weighted by atomic mass is 19.4. The maximum Gasteiger partial charge on any atom is 0.417 e. The predicted molar refractivity (Wildman–Crippen MR) is 67.3 cm³/mol. The minimum atomic E-state index is -4.46. The first-order valence-electron chi connectivity index (χ1n) is 5.79. The Kier molecular flexibility index (Phi) is 2.67. The minimum absolute atomic E-state index is 0.0226. The molecule has 2 aromatic heterocycles. The van der Waals surface area contributed by atoms with E-state index in [1.165, 1.54) is 41.1 Å². The number of benzene rings is 1. The molecule has 0 saturated carbocycles. The maximum absolute atomic E-state index is 13.0. The number of aromatic hydroxyl groups is 1. The van der Waals surface area contributed by atoms with Crippen molar-refractivity contribution >= 4 is 5.52 Å². The summed E-state index contributed by atoms with van der Waals surface area (Å²) in [4.78, 5) is 4.03. The number of pyridine rings is 1. The van der Waals surface area contributed by atoms with E-state index in [1.807, 2.05) is 0 Å². The Balaban J connectivity index is 2.29. The highest BCUT2D eigenvalue weighted by Gasteiger charge is 2.34. The Labute approximate surface area is 111 Å². The minimum Gasteiger partial charge on any atom is -0.506 e. The zero-order valence-corrected chi connectivity index (χ0v) is 10.1. The molecular weight excluding hydrogens is 269 g/mol. The summed E-state index contributed by atoms with van der Waals surface area (Å²) in [6.45, 7) is 0. The quantitative estimate of drug-likeness (QED) is 0.736. The maximum atomic E-state index is 13.0. The molecular formula is C14H9F3N2O. The van der Waals surface area contributed by atoms with Crippen LogP contribution in [0.3, 0.4) is 0 Å². The van der Waals surface area contributed by atoms with Crippen LogP contribution in [0.2, 0.25) is 0 Å². The average molecular weight is 278 g/mol. The first-order chi connectivity index (χ1) is 9.47. The molecule has 0 radical (unpaired) electrons. The van der Waals surface area contributed by atoms with Gasteiger partial charge < -0.3 is 5.11 Å². The van der Waals surface area contributed by atoms with Gasteiger partial charge >= 0.3 is 6.18 Å². The molecule has 0 aliphatic rings.